The van der Waals surface area contributed by atoms with Gasteiger partial charge in [0.05, 0.1) is 10.9 Å². The minimum absolute atomic E-state index is 0.0268. The molecule has 0 spiro atoms. The number of rotatable bonds is 7. The van der Waals surface area contributed by atoms with Gasteiger partial charge in [0.1, 0.15) is 5.01 Å². The maximum absolute atomic E-state index is 12.0. The summed E-state index contributed by atoms with van der Waals surface area (Å²) >= 11 is 3.33. The van der Waals surface area contributed by atoms with E-state index in [1.54, 1.807) is 23.1 Å². The third-order valence-corrected chi connectivity index (χ3v) is 6.27. The number of carbonyl (C=O) groups excluding carboxylic acids is 1. The fourth-order valence-corrected chi connectivity index (χ4v) is 4.07. The van der Waals surface area contributed by atoms with Crippen LogP contribution in [0.25, 0.3) is 10.6 Å². The number of nitrogens with one attached hydrogen (secondary N) is 1. The number of aromatic nitrogens is 1. The summed E-state index contributed by atoms with van der Waals surface area (Å²) in [6.45, 7) is 6.38. The summed E-state index contributed by atoms with van der Waals surface area (Å²) in [7, 11) is 0. The number of benzene rings is 1. The molecule has 1 aliphatic carbocycles. The Labute approximate surface area is 152 Å². The molecule has 1 heterocycles. The van der Waals surface area contributed by atoms with Crippen LogP contribution in [0.5, 0.6) is 0 Å². The Morgan fingerprint density at radius 1 is 1.29 bits per heavy atom. The smallest absolute Gasteiger partial charge is 0.233 e. The molecule has 0 bridgehead atoms. The van der Waals surface area contributed by atoms with Crippen LogP contribution in [-0.2, 0) is 10.5 Å². The first kappa shape index (κ1) is 17.5. The second kappa shape index (κ2) is 7.70. The molecule has 1 N–H and O–H groups in total. The molecule has 0 radical (unpaired) electrons. The second-order valence-corrected chi connectivity index (χ2v) is 8.84. The molecule has 0 aliphatic heterocycles. The molecule has 1 aliphatic rings. The van der Waals surface area contributed by atoms with Crippen LogP contribution in [0.2, 0.25) is 0 Å². The van der Waals surface area contributed by atoms with Gasteiger partial charge in [-0.05, 0) is 31.2 Å². The van der Waals surface area contributed by atoms with E-state index in [0.717, 1.165) is 29.3 Å². The fourth-order valence-electron chi connectivity index (χ4n) is 2.35. The van der Waals surface area contributed by atoms with Gasteiger partial charge in [-0.2, -0.15) is 0 Å². The van der Waals surface area contributed by atoms with Crippen molar-refractivity contribution in [3.8, 4) is 10.6 Å². The molecule has 2 aromatic rings. The number of thiazole rings is 1. The highest BCUT2D eigenvalue weighted by Gasteiger charge is 2.25. The van der Waals surface area contributed by atoms with Crippen LogP contribution in [0, 0.1) is 0 Å². The Kier molecular flexibility index (Phi) is 5.61. The first-order valence-electron chi connectivity index (χ1n) is 8.49. The van der Waals surface area contributed by atoms with Crippen LogP contribution < -0.4 is 5.32 Å². The number of amides is 1. The quantitative estimate of drug-likeness (QED) is 0.768. The summed E-state index contributed by atoms with van der Waals surface area (Å²) in [5.74, 6) is 1.48. The molecular weight excluding hydrogens is 336 g/mol. The summed E-state index contributed by atoms with van der Waals surface area (Å²) in [4.78, 5) is 16.7. The summed E-state index contributed by atoms with van der Waals surface area (Å²) in [5.41, 5.74) is 3.57. The van der Waals surface area contributed by atoms with E-state index in [1.165, 1.54) is 11.1 Å². The first-order valence-corrected chi connectivity index (χ1v) is 10.4. The summed E-state index contributed by atoms with van der Waals surface area (Å²) < 4.78 is 0. The molecule has 3 nitrogen and oxygen atoms in total. The standard InChI is InChI=1S/C19H24N2OS2/c1-12(2)14-4-6-15(7-5-14)19-21-17(11-24-19)10-23-13(3)18(22)20-16-8-9-16/h4-7,11-13,16H,8-10H2,1-3H3,(H,20,22). The van der Waals surface area contributed by atoms with E-state index >= 15 is 0 Å². The minimum Gasteiger partial charge on any atom is -0.352 e. The highest BCUT2D eigenvalue weighted by atomic mass is 32.2. The second-order valence-electron chi connectivity index (χ2n) is 6.66. The molecule has 128 valence electrons. The van der Waals surface area contributed by atoms with Gasteiger partial charge < -0.3 is 5.32 Å². The van der Waals surface area contributed by atoms with E-state index in [1.807, 2.05) is 6.92 Å². The zero-order valence-corrected chi connectivity index (χ0v) is 16.0. The molecule has 1 unspecified atom stereocenters. The minimum atomic E-state index is -0.0268. The van der Waals surface area contributed by atoms with Crippen molar-refractivity contribution >= 4 is 29.0 Å². The van der Waals surface area contributed by atoms with Gasteiger partial charge in [0.2, 0.25) is 5.91 Å². The van der Waals surface area contributed by atoms with Gasteiger partial charge >= 0.3 is 0 Å². The lowest BCUT2D eigenvalue weighted by molar-refractivity contribution is -0.120. The van der Waals surface area contributed by atoms with Crippen molar-refractivity contribution < 1.29 is 4.79 Å². The maximum Gasteiger partial charge on any atom is 0.233 e. The average molecular weight is 361 g/mol. The van der Waals surface area contributed by atoms with Crippen molar-refractivity contribution in [3.63, 3.8) is 0 Å². The van der Waals surface area contributed by atoms with Gasteiger partial charge in [-0.3, -0.25) is 4.79 Å². The lowest BCUT2D eigenvalue weighted by atomic mass is 10.0. The molecule has 1 saturated carbocycles. The van der Waals surface area contributed by atoms with E-state index in [4.69, 9.17) is 4.98 Å². The van der Waals surface area contributed by atoms with Crippen molar-refractivity contribution in [1.29, 1.82) is 0 Å². The summed E-state index contributed by atoms with van der Waals surface area (Å²) in [6.07, 6.45) is 2.27. The molecule has 1 amide bonds. The third kappa shape index (κ3) is 4.61. The van der Waals surface area contributed by atoms with E-state index in [2.05, 4.69) is 48.8 Å². The molecule has 1 aromatic heterocycles. The first-order chi connectivity index (χ1) is 11.5. The molecule has 1 aromatic carbocycles. The van der Waals surface area contributed by atoms with Crippen LogP contribution >= 0.6 is 23.1 Å². The Morgan fingerprint density at radius 2 is 2.00 bits per heavy atom. The normalized spacial score (nSPS) is 15.5. The molecule has 3 rings (SSSR count). The molecular formula is C19H24N2OS2. The van der Waals surface area contributed by atoms with Crippen molar-refractivity contribution in [3.05, 3.63) is 40.9 Å². The average Bonchev–Trinajstić information content (AvgIpc) is 3.26. The Hall–Kier alpha value is -1.33. The molecule has 5 heteroatoms. The fraction of sp³-hybridized carbons (Fsp3) is 0.474. The van der Waals surface area contributed by atoms with Gasteiger partial charge in [-0.1, -0.05) is 38.1 Å². The lowest BCUT2D eigenvalue weighted by Gasteiger charge is -2.10. The monoisotopic (exact) mass is 360 g/mol. The van der Waals surface area contributed by atoms with Gasteiger partial charge in [-0.25, -0.2) is 4.98 Å². The predicted octanol–water partition coefficient (Wildman–Crippen LogP) is 4.83. The lowest BCUT2D eigenvalue weighted by Crippen LogP contribution is -2.32. The van der Waals surface area contributed by atoms with Crippen molar-refractivity contribution in [2.24, 2.45) is 0 Å². The Morgan fingerprint density at radius 3 is 2.62 bits per heavy atom. The Bertz CT molecular complexity index is 690. The van der Waals surface area contributed by atoms with Crippen molar-refractivity contribution in [2.75, 3.05) is 0 Å². The summed E-state index contributed by atoms with van der Waals surface area (Å²) in [6, 6.07) is 9.09. The van der Waals surface area contributed by atoms with Crippen molar-refractivity contribution in [2.45, 2.75) is 56.6 Å². The zero-order chi connectivity index (χ0) is 17.1. The molecule has 1 fully saturated rings. The summed E-state index contributed by atoms with van der Waals surface area (Å²) in [5, 5.41) is 6.18. The zero-order valence-electron chi connectivity index (χ0n) is 14.4. The van der Waals surface area contributed by atoms with Crippen LogP contribution in [-0.4, -0.2) is 22.2 Å². The van der Waals surface area contributed by atoms with Gasteiger partial charge in [0.15, 0.2) is 0 Å². The molecule has 1 atom stereocenters. The number of hydrogen-bond donors (Lipinski definition) is 1. The van der Waals surface area contributed by atoms with Gasteiger partial charge in [-0.15, -0.1) is 23.1 Å². The highest BCUT2D eigenvalue weighted by molar-refractivity contribution is 7.99. The maximum atomic E-state index is 12.0. The number of thioether (sulfide) groups is 1. The number of carbonyl (C=O) groups is 1. The van der Waals surface area contributed by atoms with Gasteiger partial charge in [0, 0.05) is 22.7 Å². The van der Waals surface area contributed by atoms with Crippen LogP contribution in [0.1, 0.15) is 50.8 Å². The van der Waals surface area contributed by atoms with Crippen LogP contribution in [0.3, 0.4) is 0 Å². The van der Waals surface area contributed by atoms with E-state index in [9.17, 15) is 4.79 Å². The Balaban J connectivity index is 1.55. The predicted molar refractivity (Wildman–Crippen MR) is 104 cm³/mol. The van der Waals surface area contributed by atoms with E-state index in [0.29, 0.717) is 12.0 Å². The van der Waals surface area contributed by atoms with Crippen molar-refractivity contribution in [1.82, 2.24) is 10.3 Å². The molecule has 0 saturated heterocycles. The van der Waals surface area contributed by atoms with Gasteiger partial charge in [0.25, 0.3) is 0 Å². The van der Waals surface area contributed by atoms with E-state index < -0.39 is 0 Å². The van der Waals surface area contributed by atoms with Crippen LogP contribution in [0.4, 0.5) is 0 Å². The van der Waals surface area contributed by atoms with E-state index in [-0.39, 0.29) is 11.2 Å². The highest BCUT2D eigenvalue weighted by Crippen LogP contribution is 2.28. The number of nitrogens with zero attached hydrogens (tertiary/aromatic N) is 1. The molecule has 24 heavy (non-hydrogen) atoms. The largest absolute Gasteiger partial charge is 0.352 e. The van der Waals surface area contributed by atoms with Crippen LogP contribution in [0.15, 0.2) is 29.6 Å². The third-order valence-electron chi connectivity index (χ3n) is 4.15. The number of hydrogen-bond acceptors (Lipinski definition) is 4. The topological polar surface area (TPSA) is 42.0 Å². The SMILES string of the molecule is CC(SCc1csc(-c2ccc(C(C)C)cc2)n1)C(=O)NC1CC1.